The number of hydrogen-bond acceptors (Lipinski definition) is 5. The predicted octanol–water partition coefficient (Wildman–Crippen LogP) is 0.226. The third kappa shape index (κ3) is 3.03. The number of hydrogen-bond donors (Lipinski definition) is 2. The van der Waals surface area contributed by atoms with Gasteiger partial charge in [-0.25, -0.2) is 9.79 Å². The Bertz CT molecular complexity index is 1120. The van der Waals surface area contributed by atoms with Crippen molar-refractivity contribution in [1.29, 1.82) is 0 Å². The fourth-order valence-corrected chi connectivity index (χ4v) is 3.87. The van der Waals surface area contributed by atoms with Gasteiger partial charge in [0.2, 0.25) is 0 Å². The summed E-state index contributed by atoms with van der Waals surface area (Å²) >= 11 is 11.8. The van der Waals surface area contributed by atoms with E-state index in [4.69, 9.17) is 27.9 Å². The number of sulfonamides is 1. The Balaban J connectivity index is 2.17. The third-order valence-corrected chi connectivity index (χ3v) is 5.45. The Kier molecular flexibility index (Phi) is 4.35. The molecule has 0 bridgehead atoms. The number of methoxy groups -OCH3 is 1. The average Bonchev–Trinajstić information content (AvgIpc) is 2.87. The summed E-state index contributed by atoms with van der Waals surface area (Å²) in [7, 11) is -2.81. The number of nitrogens with zero attached hydrogens (tertiary/aromatic N) is 2. The van der Waals surface area contributed by atoms with Gasteiger partial charge in [0.15, 0.2) is 11.7 Å². The highest BCUT2D eigenvalue weighted by molar-refractivity contribution is 7.90. The van der Waals surface area contributed by atoms with E-state index in [1.54, 1.807) is 0 Å². The van der Waals surface area contributed by atoms with Crippen LogP contribution in [-0.2, 0) is 14.8 Å². The first-order valence-electron chi connectivity index (χ1n) is 6.51. The van der Waals surface area contributed by atoms with Crippen molar-refractivity contribution in [3.63, 3.8) is 0 Å². The summed E-state index contributed by atoms with van der Waals surface area (Å²) in [5.74, 6) is 0. The van der Waals surface area contributed by atoms with Gasteiger partial charge >= 0.3 is 5.69 Å². The van der Waals surface area contributed by atoms with E-state index in [0.29, 0.717) is 5.35 Å². The van der Waals surface area contributed by atoms with Gasteiger partial charge in [0.25, 0.3) is 10.0 Å². The fraction of sp³-hybridized carbons (Fsp3) is 0.154. The van der Waals surface area contributed by atoms with E-state index in [1.807, 2.05) is 0 Å². The lowest BCUT2D eigenvalue weighted by atomic mass is 10.2. The average molecular weight is 389 g/mol. The third-order valence-electron chi connectivity index (χ3n) is 3.17. The van der Waals surface area contributed by atoms with Gasteiger partial charge in [-0.15, -0.1) is 0 Å². The van der Waals surface area contributed by atoms with Crippen molar-refractivity contribution in [2.24, 2.45) is 9.39 Å². The predicted molar refractivity (Wildman–Crippen MR) is 88.5 cm³/mol. The first-order chi connectivity index (χ1) is 11.3. The second-order valence-electron chi connectivity index (χ2n) is 4.75. The molecule has 0 radical (unpaired) electrons. The van der Waals surface area contributed by atoms with E-state index < -0.39 is 21.9 Å². The van der Waals surface area contributed by atoms with Crippen LogP contribution < -0.4 is 16.5 Å². The molecule has 1 unspecified atom stereocenters. The van der Waals surface area contributed by atoms with E-state index in [2.05, 4.69) is 19.4 Å². The molecule has 2 aromatic rings. The Morgan fingerprint density at radius 2 is 2.04 bits per heavy atom. The van der Waals surface area contributed by atoms with Gasteiger partial charge in [-0.1, -0.05) is 29.3 Å². The second-order valence-corrected chi connectivity index (χ2v) is 7.10. The van der Waals surface area contributed by atoms with Crippen molar-refractivity contribution in [3.8, 4) is 0 Å². The molecule has 2 heterocycles. The molecule has 126 valence electrons. The van der Waals surface area contributed by atoms with Crippen LogP contribution in [0.1, 0.15) is 0 Å². The summed E-state index contributed by atoms with van der Waals surface area (Å²) in [6.07, 6.45) is 0.376. The number of aromatic amines is 2. The quantitative estimate of drug-likeness (QED) is 0.781. The molecule has 0 aliphatic carbocycles. The molecule has 24 heavy (non-hydrogen) atoms. The molecular weight excluding hydrogens is 379 g/mol. The maximum Gasteiger partial charge on any atom is 0.325 e. The molecular formula is C13H10Cl2N4O4S. The zero-order valence-corrected chi connectivity index (χ0v) is 14.4. The van der Waals surface area contributed by atoms with Crippen LogP contribution in [0.5, 0.6) is 0 Å². The van der Waals surface area contributed by atoms with Crippen LogP contribution in [0.4, 0.5) is 0 Å². The van der Waals surface area contributed by atoms with Crippen LogP contribution in [-0.4, -0.2) is 37.4 Å². The highest BCUT2D eigenvalue weighted by atomic mass is 35.5. The van der Waals surface area contributed by atoms with Gasteiger partial charge in [-0.05, 0) is 18.2 Å². The van der Waals surface area contributed by atoms with E-state index in [1.165, 1.54) is 31.4 Å². The first kappa shape index (κ1) is 16.9. The van der Waals surface area contributed by atoms with E-state index in [9.17, 15) is 13.2 Å². The topological polar surface area (TPSA) is 117 Å². The maximum atomic E-state index is 12.5. The van der Waals surface area contributed by atoms with Crippen molar-refractivity contribution in [3.05, 3.63) is 49.6 Å². The smallest absolute Gasteiger partial charge is 0.325 e. The zero-order valence-electron chi connectivity index (χ0n) is 12.1. The molecule has 1 atom stereocenters. The molecule has 1 aliphatic rings. The fourth-order valence-electron chi connectivity index (χ4n) is 2.11. The SMILES string of the molecule is COC1N=c2[nH]c(=O)[nH]c2=C/C1=N/S(=O)(=O)c1cccc(Cl)c1Cl. The summed E-state index contributed by atoms with van der Waals surface area (Å²) in [6.45, 7) is 0. The highest BCUT2D eigenvalue weighted by Gasteiger charge is 2.24. The van der Waals surface area contributed by atoms with E-state index in [0.717, 1.165) is 0 Å². The number of benzene rings is 1. The molecule has 2 N–H and O–H groups in total. The van der Waals surface area contributed by atoms with Crippen molar-refractivity contribution >= 4 is 45.0 Å². The van der Waals surface area contributed by atoms with Gasteiger partial charge in [0.05, 0.1) is 15.4 Å². The summed E-state index contributed by atoms with van der Waals surface area (Å²) in [6, 6.07) is 4.21. The summed E-state index contributed by atoms with van der Waals surface area (Å²) < 4.78 is 33.9. The van der Waals surface area contributed by atoms with Crippen LogP contribution in [0, 0.1) is 0 Å². The monoisotopic (exact) mass is 388 g/mol. The van der Waals surface area contributed by atoms with Gasteiger partial charge in [-0.2, -0.15) is 12.8 Å². The largest absolute Gasteiger partial charge is 0.354 e. The van der Waals surface area contributed by atoms with Crippen LogP contribution in [0.15, 0.2) is 37.3 Å². The van der Waals surface area contributed by atoms with Crippen molar-refractivity contribution in [2.75, 3.05) is 7.11 Å². The Morgan fingerprint density at radius 1 is 1.29 bits per heavy atom. The molecule has 0 saturated carbocycles. The Labute approximate surface area is 145 Å². The lowest BCUT2D eigenvalue weighted by molar-refractivity contribution is 0.160. The normalized spacial score (nSPS) is 18.8. The number of aromatic nitrogens is 2. The standard InChI is InChI=1S/C13H10Cl2N4O4S/c1-23-12-8(5-7-11(17-12)18-13(20)16-7)19-24(21,22)9-4-2-3-6(14)10(9)15/h2-5,12H,1H3,(H2,16,17,18,20)/b19-8-. The van der Waals surface area contributed by atoms with Crippen LogP contribution >= 0.6 is 23.2 Å². The van der Waals surface area contributed by atoms with Gasteiger partial charge in [0, 0.05) is 7.11 Å². The van der Waals surface area contributed by atoms with Gasteiger partial charge in [-0.3, -0.25) is 4.98 Å². The molecule has 0 saturated heterocycles. The molecule has 1 aromatic heterocycles. The number of rotatable bonds is 3. The summed E-state index contributed by atoms with van der Waals surface area (Å²) in [5.41, 5.74) is -0.225. The van der Waals surface area contributed by atoms with Crippen molar-refractivity contribution < 1.29 is 13.2 Å². The van der Waals surface area contributed by atoms with Crippen molar-refractivity contribution in [2.45, 2.75) is 11.1 Å². The lowest BCUT2D eigenvalue weighted by Gasteiger charge is -2.13. The minimum absolute atomic E-state index is 0.00343. The molecule has 3 rings (SSSR count). The number of fused-ring (bicyclic) bond motifs is 1. The Hall–Kier alpha value is -1.94. The van der Waals surface area contributed by atoms with Crippen LogP contribution in [0.3, 0.4) is 0 Å². The molecule has 0 amide bonds. The number of H-pyrrole nitrogens is 2. The van der Waals surface area contributed by atoms with Gasteiger partial charge in [0.1, 0.15) is 10.6 Å². The summed E-state index contributed by atoms with van der Waals surface area (Å²) in [5, 5.41) is 0.274. The summed E-state index contributed by atoms with van der Waals surface area (Å²) in [4.78, 5) is 20.1. The molecule has 0 spiro atoms. The zero-order chi connectivity index (χ0) is 17.5. The second kappa shape index (κ2) is 6.17. The Morgan fingerprint density at radius 3 is 2.75 bits per heavy atom. The lowest BCUT2D eigenvalue weighted by Crippen LogP contribution is -2.37. The van der Waals surface area contributed by atoms with Crippen molar-refractivity contribution in [1.82, 2.24) is 9.97 Å². The molecule has 0 fully saturated rings. The molecule has 1 aliphatic heterocycles. The number of imidazole rings is 1. The molecule has 11 heteroatoms. The van der Waals surface area contributed by atoms with E-state index in [-0.39, 0.29) is 26.1 Å². The maximum absolute atomic E-state index is 12.5. The minimum atomic E-state index is -4.15. The molecule has 1 aromatic carbocycles. The minimum Gasteiger partial charge on any atom is -0.354 e. The molecule has 8 nitrogen and oxygen atoms in total. The van der Waals surface area contributed by atoms with Crippen LogP contribution in [0.2, 0.25) is 10.0 Å². The number of halogens is 2. The first-order valence-corrected chi connectivity index (χ1v) is 8.71. The number of nitrogens with one attached hydrogen (secondary N) is 2. The van der Waals surface area contributed by atoms with E-state index >= 15 is 0 Å². The number of ether oxygens (including phenoxy) is 1. The van der Waals surface area contributed by atoms with Crippen LogP contribution in [0.25, 0.3) is 6.08 Å². The highest BCUT2D eigenvalue weighted by Crippen LogP contribution is 2.30. The van der Waals surface area contributed by atoms with Gasteiger partial charge < -0.3 is 9.72 Å².